The molecule has 0 saturated carbocycles. The maximum Gasteiger partial charge on any atom is 0.477 e. The molecule has 2 saturated heterocycles. The summed E-state index contributed by atoms with van der Waals surface area (Å²) >= 11 is 0. The Bertz CT molecular complexity index is 1280. The summed E-state index contributed by atoms with van der Waals surface area (Å²) in [7, 11) is -4.14. The number of ether oxygens (including phenoxy) is 1. The van der Waals surface area contributed by atoms with Gasteiger partial charge in [0.1, 0.15) is 11.7 Å². The molecule has 176 valence electrons. The largest absolute Gasteiger partial charge is 0.477 e. The zero-order valence-electron chi connectivity index (χ0n) is 17.5. The SMILES string of the molecule is C[C@@]1(O)[C@H](O)C(OP2(=O)OCC[C@H](c3ccccc3)O2)O[C@H]1n1ccc2c(=O)[nH]c(N)nc21. The van der Waals surface area contributed by atoms with Gasteiger partial charge in [-0.2, -0.15) is 4.98 Å². The summed E-state index contributed by atoms with van der Waals surface area (Å²) in [4.78, 5) is 18.6. The van der Waals surface area contributed by atoms with Crippen LogP contribution in [-0.2, 0) is 22.9 Å². The molecule has 5 N–H and O–H groups in total. The van der Waals surface area contributed by atoms with Gasteiger partial charge in [0.2, 0.25) is 12.2 Å². The number of aromatic amines is 1. The second kappa shape index (κ2) is 8.03. The third-order valence-electron chi connectivity index (χ3n) is 5.76. The van der Waals surface area contributed by atoms with Gasteiger partial charge in [-0.05, 0) is 18.6 Å². The Hall–Kier alpha value is -2.57. The topological polar surface area (TPSA) is 171 Å². The molecular weight excluding hydrogens is 455 g/mol. The van der Waals surface area contributed by atoms with Crippen molar-refractivity contribution in [1.29, 1.82) is 0 Å². The number of anilines is 1. The Labute approximate surface area is 187 Å². The van der Waals surface area contributed by atoms with Crippen LogP contribution in [0.1, 0.15) is 31.2 Å². The Morgan fingerprint density at radius 1 is 1.33 bits per heavy atom. The second-order valence-corrected chi connectivity index (χ2v) is 9.69. The monoisotopic (exact) mass is 478 g/mol. The van der Waals surface area contributed by atoms with E-state index in [0.717, 1.165) is 5.56 Å². The predicted octanol–water partition coefficient (Wildman–Crippen LogP) is 1.58. The van der Waals surface area contributed by atoms with Crippen LogP contribution in [0.3, 0.4) is 0 Å². The van der Waals surface area contributed by atoms with Crippen LogP contribution in [0.5, 0.6) is 0 Å². The standard InChI is InChI=1S/C20H23N4O8P/c1-20(27)14(25)17(30-18(20)24-9-7-12-15(24)22-19(21)23-16(12)26)32-33(28)29-10-8-13(31-33)11-5-3-2-4-6-11/h2-7,9,13-14,17-18,25,27H,8,10H2,1H3,(H3,21,22,23,26)/t13-,14-,17?,18-,20-,33?/m1/s1. The molecule has 0 amide bonds. The lowest BCUT2D eigenvalue weighted by Crippen LogP contribution is -2.44. The number of hydrogen-bond donors (Lipinski definition) is 4. The third-order valence-corrected chi connectivity index (χ3v) is 7.24. The Morgan fingerprint density at radius 3 is 2.85 bits per heavy atom. The van der Waals surface area contributed by atoms with Gasteiger partial charge >= 0.3 is 7.82 Å². The van der Waals surface area contributed by atoms with Crippen LogP contribution in [0.2, 0.25) is 0 Å². The van der Waals surface area contributed by atoms with Crippen molar-refractivity contribution in [3.8, 4) is 0 Å². The molecule has 2 aromatic heterocycles. The fourth-order valence-electron chi connectivity index (χ4n) is 4.03. The highest BCUT2D eigenvalue weighted by atomic mass is 31.2. The highest BCUT2D eigenvalue weighted by molar-refractivity contribution is 7.48. The number of phosphoric ester groups is 1. The number of nitrogens with zero attached hydrogens (tertiary/aromatic N) is 2. The zero-order valence-corrected chi connectivity index (χ0v) is 18.4. The molecule has 2 fully saturated rings. The molecule has 2 unspecified atom stereocenters. The fraction of sp³-hybridized carbons (Fsp3) is 0.400. The first-order valence-electron chi connectivity index (χ1n) is 10.3. The van der Waals surface area contributed by atoms with Gasteiger partial charge in [-0.15, -0.1) is 0 Å². The van der Waals surface area contributed by atoms with E-state index in [9.17, 15) is 19.6 Å². The van der Waals surface area contributed by atoms with Gasteiger partial charge in [0.15, 0.2) is 11.9 Å². The summed E-state index contributed by atoms with van der Waals surface area (Å²) < 4.78 is 36.7. The third kappa shape index (κ3) is 3.89. The quantitative estimate of drug-likeness (QED) is 0.404. The average Bonchev–Trinajstić information content (AvgIpc) is 3.28. The lowest BCUT2D eigenvalue weighted by atomic mass is 9.99. The van der Waals surface area contributed by atoms with E-state index in [-0.39, 0.29) is 23.6 Å². The van der Waals surface area contributed by atoms with E-state index >= 15 is 0 Å². The normalized spacial score (nSPS) is 34.6. The summed E-state index contributed by atoms with van der Waals surface area (Å²) in [6.45, 7) is 1.42. The molecule has 4 heterocycles. The van der Waals surface area contributed by atoms with Crippen molar-refractivity contribution >= 4 is 24.8 Å². The molecular formula is C20H23N4O8P. The number of hydrogen-bond acceptors (Lipinski definition) is 10. The van der Waals surface area contributed by atoms with E-state index in [1.54, 1.807) is 0 Å². The molecule has 1 aromatic carbocycles. The van der Waals surface area contributed by atoms with Crippen molar-refractivity contribution in [2.45, 2.75) is 43.7 Å². The van der Waals surface area contributed by atoms with Crippen LogP contribution < -0.4 is 11.3 Å². The average molecular weight is 478 g/mol. The molecule has 0 radical (unpaired) electrons. The molecule has 0 aliphatic carbocycles. The minimum atomic E-state index is -4.14. The lowest BCUT2D eigenvalue weighted by Gasteiger charge is -2.31. The van der Waals surface area contributed by atoms with Crippen LogP contribution in [0, 0.1) is 0 Å². The van der Waals surface area contributed by atoms with Crippen LogP contribution >= 0.6 is 7.82 Å². The summed E-state index contributed by atoms with van der Waals surface area (Å²) in [5.41, 5.74) is 4.20. The maximum atomic E-state index is 13.2. The van der Waals surface area contributed by atoms with E-state index in [1.807, 2.05) is 30.3 Å². The van der Waals surface area contributed by atoms with Crippen LogP contribution in [0.4, 0.5) is 5.95 Å². The van der Waals surface area contributed by atoms with Gasteiger partial charge < -0.3 is 25.3 Å². The first-order chi connectivity index (χ1) is 15.7. The van der Waals surface area contributed by atoms with Crippen LogP contribution in [-0.4, -0.2) is 49.4 Å². The van der Waals surface area contributed by atoms with Crippen molar-refractivity contribution in [3.05, 3.63) is 58.5 Å². The van der Waals surface area contributed by atoms with E-state index in [2.05, 4.69) is 9.97 Å². The van der Waals surface area contributed by atoms with Crippen molar-refractivity contribution in [3.63, 3.8) is 0 Å². The lowest BCUT2D eigenvalue weighted by molar-refractivity contribution is -0.145. The van der Waals surface area contributed by atoms with Gasteiger partial charge in [-0.1, -0.05) is 30.3 Å². The number of nitrogen functional groups attached to an aromatic ring is 1. The van der Waals surface area contributed by atoms with Crippen molar-refractivity contribution in [2.75, 3.05) is 12.3 Å². The highest BCUT2D eigenvalue weighted by Gasteiger charge is 2.56. The minimum absolute atomic E-state index is 0.105. The smallest absolute Gasteiger partial charge is 0.385 e. The van der Waals surface area contributed by atoms with Crippen LogP contribution in [0.15, 0.2) is 47.4 Å². The first-order valence-corrected chi connectivity index (χ1v) is 11.7. The van der Waals surface area contributed by atoms with E-state index in [4.69, 9.17) is 24.0 Å². The number of benzene rings is 1. The second-order valence-electron chi connectivity index (χ2n) is 8.12. The van der Waals surface area contributed by atoms with E-state index in [0.29, 0.717) is 6.42 Å². The van der Waals surface area contributed by atoms with Gasteiger partial charge in [-0.25, -0.2) is 4.57 Å². The number of phosphoric acid groups is 1. The van der Waals surface area contributed by atoms with Gasteiger partial charge in [0, 0.05) is 12.6 Å². The van der Waals surface area contributed by atoms with Crippen molar-refractivity contribution in [2.24, 2.45) is 0 Å². The number of nitrogens with two attached hydrogens (primary N) is 1. The Kier molecular flexibility index (Phi) is 5.41. The molecule has 0 spiro atoms. The number of aliphatic hydroxyl groups excluding tert-OH is 1. The van der Waals surface area contributed by atoms with Gasteiger partial charge in [0.05, 0.1) is 18.1 Å². The highest BCUT2D eigenvalue weighted by Crippen LogP contribution is 2.59. The van der Waals surface area contributed by atoms with E-state index < -0.39 is 43.7 Å². The summed E-state index contributed by atoms with van der Waals surface area (Å²) in [5.74, 6) is -0.126. The summed E-state index contributed by atoms with van der Waals surface area (Å²) in [6.07, 6.45) is -3.04. The van der Waals surface area contributed by atoms with Gasteiger partial charge in [-0.3, -0.25) is 23.3 Å². The summed E-state index contributed by atoms with van der Waals surface area (Å²) in [6, 6.07) is 10.7. The van der Waals surface area contributed by atoms with Crippen molar-refractivity contribution in [1.82, 2.24) is 14.5 Å². The molecule has 0 bridgehead atoms. The summed E-state index contributed by atoms with van der Waals surface area (Å²) in [5, 5.41) is 22.0. The number of aromatic nitrogens is 3. The van der Waals surface area contributed by atoms with Crippen molar-refractivity contribution < 1.29 is 33.1 Å². The minimum Gasteiger partial charge on any atom is -0.385 e. The van der Waals surface area contributed by atoms with Crippen LogP contribution in [0.25, 0.3) is 11.0 Å². The molecule has 2 aliphatic rings. The molecule has 12 nitrogen and oxygen atoms in total. The Balaban J connectivity index is 1.41. The zero-order chi connectivity index (χ0) is 23.4. The number of H-pyrrole nitrogens is 1. The predicted molar refractivity (Wildman–Crippen MR) is 115 cm³/mol. The molecule has 13 heteroatoms. The number of fused-ring (bicyclic) bond motifs is 1. The van der Waals surface area contributed by atoms with E-state index in [1.165, 1.54) is 23.8 Å². The first kappa shape index (κ1) is 22.2. The fourth-order valence-corrected chi connectivity index (χ4v) is 5.49. The molecule has 2 aliphatic heterocycles. The molecule has 33 heavy (non-hydrogen) atoms. The maximum absolute atomic E-state index is 13.2. The molecule has 5 rings (SSSR count). The number of nitrogens with one attached hydrogen (secondary N) is 1. The Morgan fingerprint density at radius 2 is 2.09 bits per heavy atom. The molecule has 3 aromatic rings. The van der Waals surface area contributed by atoms with Gasteiger partial charge in [0.25, 0.3) is 5.56 Å². The molecule has 6 atom stereocenters. The number of rotatable bonds is 4. The number of aliphatic hydroxyl groups is 2.